The number of thiazole rings is 1. The fraction of sp³-hybridized carbons (Fsp3) is 0.188. The molecule has 0 radical (unpaired) electrons. The van der Waals surface area contributed by atoms with Gasteiger partial charge in [0.05, 0.1) is 4.92 Å². The number of rotatable bonds is 8. The molecular formula is C16H16N4O5S. The van der Waals surface area contributed by atoms with Crippen LogP contribution < -0.4 is 10.6 Å². The van der Waals surface area contributed by atoms with Gasteiger partial charge in [0.15, 0.2) is 17.4 Å². The lowest BCUT2D eigenvalue weighted by Crippen LogP contribution is -2.21. The summed E-state index contributed by atoms with van der Waals surface area (Å²) in [5.41, 5.74) is 0.693. The first kappa shape index (κ1) is 19.1. The van der Waals surface area contributed by atoms with Gasteiger partial charge >= 0.3 is 5.97 Å². The molecule has 1 heterocycles. The number of nitro benzene ring substituents is 1. The first-order chi connectivity index (χ1) is 12.4. The van der Waals surface area contributed by atoms with Gasteiger partial charge in [-0.05, 0) is 13.0 Å². The lowest BCUT2D eigenvalue weighted by molar-refractivity contribution is -0.385. The zero-order chi connectivity index (χ0) is 19.1. The lowest BCUT2D eigenvalue weighted by Gasteiger charge is -2.06. The first-order valence-electron chi connectivity index (χ1n) is 7.43. The summed E-state index contributed by atoms with van der Waals surface area (Å²) in [6.07, 6.45) is 1.65. The van der Waals surface area contributed by atoms with Gasteiger partial charge in [0.2, 0.25) is 0 Å². The van der Waals surface area contributed by atoms with Crippen LogP contribution in [-0.2, 0) is 9.53 Å². The van der Waals surface area contributed by atoms with Crippen LogP contribution in [0.4, 0.5) is 16.5 Å². The Bertz CT molecular complexity index is 849. The van der Waals surface area contributed by atoms with Gasteiger partial charge in [-0.2, -0.15) is 0 Å². The van der Waals surface area contributed by atoms with Crippen molar-refractivity contribution in [1.82, 2.24) is 4.98 Å². The second-order valence-electron chi connectivity index (χ2n) is 5.09. The van der Waals surface area contributed by atoms with Gasteiger partial charge < -0.3 is 15.4 Å². The molecule has 2 rings (SSSR count). The normalized spacial score (nSPS) is 10.0. The molecule has 10 heteroatoms. The monoisotopic (exact) mass is 376 g/mol. The number of carbonyl (C=O) groups is 2. The number of hydrogen-bond donors (Lipinski definition) is 2. The number of esters is 1. The summed E-state index contributed by atoms with van der Waals surface area (Å²) in [4.78, 5) is 38.1. The summed E-state index contributed by atoms with van der Waals surface area (Å²) < 4.78 is 4.89. The highest BCUT2D eigenvalue weighted by Crippen LogP contribution is 2.22. The molecule has 0 atom stereocenters. The predicted octanol–water partition coefficient (Wildman–Crippen LogP) is 2.75. The van der Waals surface area contributed by atoms with Crippen molar-refractivity contribution in [3.05, 3.63) is 57.6 Å². The molecule has 0 aliphatic rings. The average Bonchev–Trinajstić information content (AvgIpc) is 3.08. The van der Waals surface area contributed by atoms with Crippen molar-refractivity contribution in [3.8, 4) is 0 Å². The molecule has 0 spiro atoms. The van der Waals surface area contributed by atoms with Crippen LogP contribution in [0.2, 0.25) is 0 Å². The van der Waals surface area contributed by atoms with Crippen molar-refractivity contribution in [2.75, 3.05) is 23.8 Å². The van der Waals surface area contributed by atoms with Gasteiger partial charge in [-0.1, -0.05) is 12.1 Å². The molecule has 1 aromatic heterocycles. The summed E-state index contributed by atoms with van der Waals surface area (Å²) in [6.45, 7) is 5.13. The van der Waals surface area contributed by atoms with Crippen LogP contribution in [0, 0.1) is 17.0 Å². The number of anilines is 2. The maximum atomic E-state index is 11.9. The predicted molar refractivity (Wildman–Crippen MR) is 97.5 cm³/mol. The van der Waals surface area contributed by atoms with Crippen molar-refractivity contribution in [2.45, 2.75) is 6.92 Å². The molecule has 0 aliphatic carbocycles. The van der Waals surface area contributed by atoms with Crippen LogP contribution in [0.25, 0.3) is 0 Å². The Balaban J connectivity index is 1.89. The quantitative estimate of drug-likeness (QED) is 0.314. The van der Waals surface area contributed by atoms with E-state index < -0.39 is 23.4 Å². The number of ether oxygens (including phenoxy) is 1. The fourth-order valence-corrected chi connectivity index (χ4v) is 2.58. The number of hydrogen-bond acceptors (Lipinski definition) is 8. The number of aryl methyl sites for hydroxylation is 1. The second kappa shape index (κ2) is 8.72. The molecule has 0 saturated heterocycles. The Hall–Kier alpha value is -3.27. The van der Waals surface area contributed by atoms with E-state index in [9.17, 15) is 19.7 Å². The zero-order valence-electron chi connectivity index (χ0n) is 13.9. The third kappa shape index (κ3) is 5.11. The lowest BCUT2D eigenvalue weighted by atomic mass is 10.2. The first-order valence-corrected chi connectivity index (χ1v) is 8.31. The third-order valence-corrected chi connectivity index (χ3v) is 3.93. The summed E-state index contributed by atoms with van der Waals surface area (Å²) in [5, 5.41) is 18.3. The highest BCUT2D eigenvalue weighted by atomic mass is 32.1. The van der Waals surface area contributed by atoms with E-state index in [2.05, 4.69) is 22.2 Å². The average molecular weight is 376 g/mol. The minimum atomic E-state index is -0.738. The van der Waals surface area contributed by atoms with Crippen molar-refractivity contribution >= 4 is 39.7 Å². The van der Waals surface area contributed by atoms with Crippen LogP contribution in [0.3, 0.4) is 0 Å². The summed E-state index contributed by atoms with van der Waals surface area (Å²) in [6, 6.07) is 4.29. The number of benzene rings is 1. The highest BCUT2D eigenvalue weighted by Gasteiger charge is 2.16. The van der Waals surface area contributed by atoms with Crippen LogP contribution in [0.5, 0.6) is 0 Å². The molecule has 1 aromatic carbocycles. The van der Waals surface area contributed by atoms with Gasteiger partial charge in [0.1, 0.15) is 0 Å². The number of nitrogens with one attached hydrogen (secondary N) is 2. The molecule has 0 aliphatic heterocycles. The topological polar surface area (TPSA) is 123 Å². The highest BCUT2D eigenvalue weighted by molar-refractivity contribution is 7.13. The van der Waals surface area contributed by atoms with E-state index in [-0.39, 0.29) is 17.1 Å². The molecule has 0 saturated carbocycles. The fourth-order valence-electron chi connectivity index (χ4n) is 1.89. The molecule has 2 aromatic rings. The maximum absolute atomic E-state index is 11.9. The Morgan fingerprint density at radius 2 is 2.23 bits per heavy atom. The molecule has 2 N–H and O–H groups in total. The second-order valence-corrected chi connectivity index (χ2v) is 5.95. The van der Waals surface area contributed by atoms with Crippen molar-refractivity contribution in [2.24, 2.45) is 0 Å². The molecule has 0 fully saturated rings. The molecule has 0 bridgehead atoms. The van der Waals surface area contributed by atoms with Gasteiger partial charge in [0.25, 0.3) is 11.6 Å². The van der Waals surface area contributed by atoms with Crippen LogP contribution in [-0.4, -0.2) is 34.9 Å². The smallest absolute Gasteiger partial charge is 0.358 e. The van der Waals surface area contributed by atoms with Crippen LogP contribution in [0.1, 0.15) is 16.1 Å². The van der Waals surface area contributed by atoms with Gasteiger partial charge in [-0.25, -0.2) is 9.78 Å². The molecule has 0 unspecified atom stereocenters. The van der Waals surface area contributed by atoms with E-state index in [1.807, 2.05) is 0 Å². The Morgan fingerprint density at radius 1 is 1.46 bits per heavy atom. The number of aromatic nitrogens is 1. The standard InChI is InChI=1S/C16H16N4O5S/c1-3-6-17-16-19-12(9-26-16)15(22)25-8-14(21)18-11-5-4-10(2)13(7-11)20(23)24/h3-5,7,9H,1,6,8H2,2H3,(H,17,19)(H,18,21). The largest absolute Gasteiger partial charge is 0.451 e. The SMILES string of the molecule is C=CCNc1nc(C(=O)OCC(=O)Nc2ccc(C)c([N+](=O)[O-])c2)cs1. The van der Waals surface area contributed by atoms with Crippen LogP contribution >= 0.6 is 11.3 Å². The van der Waals surface area contributed by atoms with Crippen molar-refractivity contribution in [1.29, 1.82) is 0 Å². The van der Waals surface area contributed by atoms with E-state index in [4.69, 9.17) is 4.74 Å². The Morgan fingerprint density at radius 3 is 2.92 bits per heavy atom. The minimum Gasteiger partial charge on any atom is -0.451 e. The van der Waals surface area contributed by atoms with Gasteiger partial charge in [0, 0.05) is 29.2 Å². The van der Waals surface area contributed by atoms with E-state index >= 15 is 0 Å². The van der Waals surface area contributed by atoms with Crippen LogP contribution in [0.15, 0.2) is 36.2 Å². The maximum Gasteiger partial charge on any atom is 0.358 e. The van der Waals surface area contributed by atoms with Gasteiger partial charge in [-0.15, -0.1) is 17.9 Å². The van der Waals surface area contributed by atoms with E-state index in [0.29, 0.717) is 17.2 Å². The minimum absolute atomic E-state index is 0.0836. The number of amides is 1. The molecule has 9 nitrogen and oxygen atoms in total. The Kier molecular flexibility index (Phi) is 6.39. The van der Waals surface area contributed by atoms with E-state index in [1.165, 1.54) is 34.9 Å². The number of nitrogens with zero attached hydrogens (tertiary/aromatic N) is 2. The van der Waals surface area contributed by atoms with Gasteiger partial charge in [-0.3, -0.25) is 14.9 Å². The molecular weight excluding hydrogens is 360 g/mol. The van der Waals surface area contributed by atoms with E-state index in [1.54, 1.807) is 13.0 Å². The molecule has 26 heavy (non-hydrogen) atoms. The molecule has 136 valence electrons. The van der Waals surface area contributed by atoms with Crippen molar-refractivity contribution in [3.63, 3.8) is 0 Å². The number of carbonyl (C=O) groups excluding carboxylic acids is 2. The molecule has 1 amide bonds. The van der Waals surface area contributed by atoms with E-state index in [0.717, 1.165) is 0 Å². The zero-order valence-corrected chi connectivity index (χ0v) is 14.7. The summed E-state index contributed by atoms with van der Waals surface area (Å²) in [7, 11) is 0. The number of nitro groups is 1. The third-order valence-electron chi connectivity index (χ3n) is 3.13. The van der Waals surface area contributed by atoms with Crippen molar-refractivity contribution < 1.29 is 19.2 Å². The summed E-state index contributed by atoms with van der Waals surface area (Å²) >= 11 is 1.23. The summed E-state index contributed by atoms with van der Waals surface area (Å²) in [5.74, 6) is -1.35. The Labute approximate surface area is 152 Å².